The van der Waals surface area contributed by atoms with Crippen LogP contribution in [0.5, 0.6) is 0 Å². The third-order valence-corrected chi connectivity index (χ3v) is 2.97. The van der Waals surface area contributed by atoms with E-state index in [1.54, 1.807) is 6.20 Å². The van der Waals surface area contributed by atoms with Gasteiger partial charge in [-0.1, -0.05) is 17.7 Å². The smallest absolute Gasteiger partial charge is 0.0757 e. The zero-order valence-electron chi connectivity index (χ0n) is 7.01. The van der Waals surface area contributed by atoms with Crippen molar-refractivity contribution in [2.24, 2.45) is 0 Å². The predicted octanol–water partition coefficient (Wildman–Crippen LogP) is 3.96. The van der Waals surface area contributed by atoms with Crippen molar-refractivity contribution in [2.75, 3.05) is 0 Å². The summed E-state index contributed by atoms with van der Waals surface area (Å²) < 4.78 is 0.992. The number of hydrogen-bond acceptors (Lipinski definition) is 1. The molecule has 0 N–H and O–H groups in total. The van der Waals surface area contributed by atoms with Crippen LogP contribution in [0.1, 0.15) is 5.56 Å². The maximum atomic E-state index is 6.06. The molecule has 1 heterocycles. The fourth-order valence-corrected chi connectivity index (χ4v) is 2.21. The fraction of sp³-hybridized carbons (Fsp3) is 0.100. The van der Waals surface area contributed by atoms with E-state index in [0.717, 1.165) is 26.0 Å². The number of aromatic nitrogens is 1. The molecule has 0 spiro atoms. The molecular weight excluding hydrogens is 249 g/mol. The lowest BCUT2D eigenvalue weighted by molar-refractivity contribution is 1.36. The Morgan fingerprint density at radius 1 is 1.31 bits per heavy atom. The molecule has 1 nitrogen and oxygen atoms in total. The van der Waals surface area contributed by atoms with Crippen LogP contribution in [0, 0.1) is 6.92 Å². The molecule has 0 bridgehead atoms. The fourth-order valence-electron chi connectivity index (χ4n) is 1.32. The van der Waals surface area contributed by atoms with Gasteiger partial charge in [-0.2, -0.15) is 0 Å². The van der Waals surface area contributed by atoms with E-state index in [-0.39, 0.29) is 0 Å². The summed E-state index contributed by atoms with van der Waals surface area (Å²) in [4.78, 5) is 4.29. The molecule has 3 heteroatoms. The molecule has 2 aromatic rings. The van der Waals surface area contributed by atoms with Crippen LogP contribution < -0.4 is 0 Å². The number of fused-ring (bicyclic) bond motifs is 1. The van der Waals surface area contributed by atoms with E-state index in [1.807, 2.05) is 25.1 Å². The quantitative estimate of drug-likeness (QED) is 0.695. The van der Waals surface area contributed by atoms with Crippen LogP contribution in [0.2, 0.25) is 5.02 Å². The number of halogens is 2. The Balaban J connectivity index is 3.00. The second kappa shape index (κ2) is 3.28. The molecular formula is C10H7BrClN. The van der Waals surface area contributed by atoms with Gasteiger partial charge in [-0.3, -0.25) is 4.98 Å². The van der Waals surface area contributed by atoms with Crippen molar-refractivity contribution in [2.45, 2.75) is 6.92 Å². The summed E-state index contributed by atoms with van der Waals surface area (Å²) in [5.74, 6) is 0. The van der Waals surface area contributed by atoms with E-state index in [0.29, 0.717) is 0 Å². The minimum absolute atomic E-state index is 0.737. The number of benzene rings is 1. The maximum absolute atomic E-state index is 6.06. The van der Waals surface area contributed by atoms with Crippen LogP contribution in [0.3, 0.4) is 0 Å². The minimum Gasteiger partial charge on any atom is -0.256 e. The van der Waals surface area contributed by atoms with E-state index >= 15 is 0 Å². The van der Waals surface area contributed by atoms with Crippen molar-refractivity contribution in [3.63, 3.8) is 0 Å². The number of rotatable bonds is 0. The highest BCUT2D eigenvalue weighted by Gasteiger charge is 2.05. The predicted molar refractivity (Wildman–Crippen MR) is 59.2 cm³/mol. The molecule has 1 aromatic heterocycles. The van der Waals surface area contributed by atoms with Gasteiger partial charge in [-0.25, -0.2) is 0 Å². The lowest BCUT2D eigenvalue weighted by Crippen LogP contribution is -1.84. The SMILES string of the molecule is Cc1ccc(Cl)c2c(Br)ccnc12. The topological polar surface area (TPSA) is 12.9 Å². The van der Waals surface area contributed by atoms with Crippen molar-refractivity contribution >= 4 is 38.4 Å². The highest BCUT2D eigenvalue weighted by Crippen LogP contribution is 2.30. The van der Waals surface area contributed by atoms with Gasteiger partial charge in [0, 0.05) is 16.1 Å². The highest BCUT2D eigenvalue weighted by atomic mass is 79.9. The molecule has 2 rings (SSSR count). The number of nitrogens with zero attached hydrogens (tertiary/aromatic N) is 1. The van der Waals surface area contributed by atoms with Crippen molar-refractivity contribution < 1.29 is 0 Å². The summed E-state index contributed by atoms with van der Waals surface area (Å²) in [5.41, 5.74) is 2.10. The summed E-state index contributed by atoms with van der Waals surface area (Å²) >= 11 is 9.52. The third-order valence-electron chi connectivity index (χ3n) is 1.99. The van der Waals surface area contributed by atoms with Crippen molar-refractivity contribution in [3.8, 4) is 0 Å². The largest absolute Gasteiger partial charge is 0.256 e. The average molecular weight is 257 g/mol. The van der Waals surface area contributed by atoms with Gasteiger partial charge < -0.3 is 0 Å². The first-order valence-electron chi connectivity index (χ1n) is 3.89. The molecule has 0 unspecified atom stereocenters. The zero-order valence-corrected chi connectivity index (χ0v) is 9.35. The number of aryl methyl sites for hydroxylation is 1. The minimum atomic E-state index is 0.737. The van der Waals surface area contributed by atoms with Crippen LogP contribution in [0.25, 0.3) is 10.9 Å². The van der Waals surface area contributed by atoms with Gasteiger partial charge in [0.15, 0.2) is 0 Å². The molecule has 0 aliphatic carbocycles. The standard InChI is InChI=1S/C10H7BrClN/c1-6-2-3-8(12)9-7(11)4-5-13-10(6)9/h2-5H,1H3. The van der Waals surface area contributed by atoms with E-state index in [2.05, 4.69) is 20.9 Å². The van der Waals surface area contributed by atoms with Gasteiger partial charge in [-0.15, -0.1) is 0 Å². The first kappa shape index (κ1) is 8.97. The molecule has 0 saturated carbocycles. The molecule has 1 aromatic carbocycles. The van der Waals surface area contributed by atoms with Crippen LogP contribution >= 0.6 is 27.5 Å². The van der Waals surface area contributed by atoms with Gasteiger partial charge in [0.1, 0.15) is 0 Å². The molecule has 66 valence electrons. The third kappa shape index (κ3) is 1.45. The molecule has 0 aliphatic rings. The van der Waals surface area contributed by atoms with Gasteiger partial charge in [0.2, 0.25) is 0 Å². The Hall–Kier alpha value is -0.600. The summed E-state index contributed by atoms with van der Waals surface area (Å²) in [6.45, 7) is 2.03. The second-order valence-corrected chi connectivity index (χ2v) is 4.14. The molecule has 0 saturated heterocycles. The van der Waals surface area contributed by atoms with Gasteiger partial charge in [0.25, 0.3) is 0 Å². The molecule has 0 radical (unpaired) electrons. The Morgan fingerprint density at radius 2 is 2.08 bits per heavy atom. The van der Waals surface area contributed by atoms with Crippen molar-refractivity contribution in [1.82, 2.24) is 4.98 Å². The van der Waals surface area contributed by atoms with Crippen molar-refractivity contribution in [3.05, 3.63) is 39.5 Å². The normalized spacial score (nSPS) is 10.7. The Kier molecular flexibility index (Phi) is 2.26. The van der Waals surface area contributed by atoms with E-state index in [9.17, 15) is 0 Å². The average Bonchev–Trinajstić information content (AvgIpc) is 2.12. The van der Waals surface area contributed by atoms with E-state index in [4.69, 9.17) is 11.6 Å². The van der Waals surface area contributed by atoms with Crippen LogP contribution in [0.15, 0.2) is 28.9 Å². The Bertz CT molecular complexity index is 459. The van der Waals surface area contributed by atoms with E-state index in [1.165, 1.54) is 0 Å². The summed E-state index contributed by atoms with van der Waals surface area (Å²) in [6.07, 6.45) is 1.77. The summed E-state index contributed by atoms with van der Waals surface area (Å²) in [6, 6.07) is 5.77. The molecule has 13 heavy (non-hydrogen) atoms. The molecule has 0 atom stereocenters. The van der Waals surface area contributed by atoms with Crippen LogP contribution in [-0.4, -0.2) is 4.98 Å². The Labute approximate surface area is 89.9 Å². The van der Waals surface area contributed by atoms with Crippen molar-refractivity contribution in [1.29, 1.82) is 0 Å². The van der Waals surface area contributed by atoms with E-state index < -0.39 is 0 Å². The molecule has 0 amide bonds. The zero-order chi connectivity index (χ0) is 9.42. The lowest BCUT2D eigenvalue weighted by atomic mass is 10.1. The highest BCUT2D eigenvalue weighted by molar-refractivity contribution is 9.10. The number of pyridine rings is 1. The summed E-state index contributed by atoms with van der Waals surface area (Å²) in [7, 11) is 0. The first-order valence-corrected chi connectivity index (χ1v) is 5.06. The second-order valence-electron chi connectivity index (χ2n) is 2.88. The van der Waals surface area contributed by atoms with Crippen LogP contribution in [-0.2, 0) is 0 Å². The van der Waals surface area contributed by atoms with Gasteiger partial charge in [-0.05, 0) is 40.5 Å². The van der Waals surface area contributed by atoms with Gasteiger partial charge >= 0.3 is 0 Å². The maximum Gasteiger partial charge on any atom is 0.0757 e. The van der Waals surface area contributed by atoms with Crippen LogP contribution in [0.4, 0.5) is 0 Å². The molecule has 0 fully saturated rings. The first-order chi connectivity index (χ1) is 6.20. The molecule has 0 aliphatic heterocycles. The monoisotopic (exact) mass is 255 g/mol. The Morgan fingerprint density at radius 3 is 2.77 bits per heavy atom. The number of hydrogen-bond donors (Lipinski definition) is 0. The lowest BCUT2D eigenvalue weighted by Gasteiger charge is -2.04. The summed E-state index contributed by atoms with van der Waals surface area (Å²) in [5, 5.41) is 1.73. The van der Waals surface area contributed by atoms with Gasteiger partial charge in [0.05, 0.1) is 10.5 Å².